The molecule has 6 heteroatoms. The summed E-state index contributed by atoms with van der Waals surface area (Å²) in [6.45, 7) is 1.54. The van der Waals surface area contributed by atoms with Gasteiger partial charge in [0.1, 0.15) is 0 Å². The van der Waals surface area contributed by atoms with Gasteiger partial charge in [-0.2, -0.15) is 13.2 Å². The Morgan fingerprint density at radius 1 is 1.47 bits per heavy atom. The van der Waals surface area contributed by atoms with E-state index in [-0.39, 0.29) is 11.6 Å². The summed E-state index contributed by atoms with van der Waals surface area (Å²) in [6.07, 6.45) is -2.57. The number of H-pyrrole nitrogens is 1. The van der Waals surface area contributed by atoms with E-state index in [0.29, 0.717) is 0 Å². The number of hydrogen-bond acceptors (Lipinski definition) is 2. The molecule has 0 saturated carbocycles. The highest BCUT2D eigenvalue weighted by Gasteiger charge is 2.31. The molecule has 2 rings (SSSR count). The van der Waals surface area contributed by atoms with Gasteiger partial charge in [-0.3, -0.25) is 4.79 Å². The molecule has 1 aliphatic carbocycles. The van der Waals surface area contributed by atoms with Crippen LogP contribution in [0.5, 0.6) is 0 Å². The van der Waals surface area contributed by atoms with E-state index >= 15 is 0 Å². The summed E-state index contributed by atoms with van der Waals surface area (Å²) in [5.41, 5.74) is 1.60. The van der Waals surface area contributed by atoms with E-state index in [1.165, 1.54) is 13.0 Å². The second kappa shape index (κ2) is 5.36. The molecule has 3 nitrogen and oxygen atoms in total. The third kappa shape index (κ3) is 3.83. The number of pyridine rings is 1. The Morgan fingerprint density at radius 3 is 2.89 bits per heavy atom. The molecule has 106 valence electrons. The Kier molecular flexibility index (Phi) is 3.99. The summed E-state index contributed by atoms with van der Waals surface area (Å²) >= 11 is 0. The summed E-state index contributed by atoms with van der Waals surface area (Å²) in [5, 5.41) is 3.01. The van der Waals surface area contributed by atoms with Crippen molar-refractivity contribution in [2.45, 2.75) is 50.9 Å². The minimum atomic E-state index is -4.16. The van der Waals surface area contributed by atoms with Crippen molar-refractivity contribution in [1.29, 1.82) is 0 Å². The van der Waals surface area contributed by atoms with Crippen molar-refractivity contribution in [3.05, 3.63) is 33.7 Å². The van der Waals surface area contributed by atoms with Crippen LogP contribution in [0.25, 0.3) is 0 Å². The molecule has 0 amide bonds. The number of nitrogens with one attached hydrogen (secondary N) is 2. The molecule has 0 aromatic carbocycles. The zero-order valence-corrected chi connectivity index (χ0v) is 10.7. The van der Waals surface area contributed by atoms with Crippen molar-refractivity contribution in [1.82, 2.24) is 10.3 Å². The normalized spacial score (nSPS) is 20.9. The lowest BCUT2D eigenvalue weighted by Gasteiger charge is -2.29. The van der Waals surface area contributed by atoms with Gasteiger partial charge in [0.2, 0.25) is 5.56 Å². The van der Waals surface area contributed by atoms with Gasteiger partial charge >= 0.3 is 6.18 Å². The van der Waals surface area contributed by atoms with E-state index in [0.717, 1.165) is 30.5 Å². The quantitative estimate of drug-likeness (QED) is 0.890. The summed E-state index contributed by atoms with van der Waals surface area (Å²) in [7, 11) is 0. The van der Waals surface area contributed by atoms with E-state index < -0.39 is 18.6 Å². The third-order valence-electron chi connectivity index (χ3n) is 3.36. The van der Waals surface area contributed by atoms with Gasteiger partial charge in [0.05, 0.1) is 6.42 Å². The van der Waals surface area contributed by atoms with Gasteiger partial charge < -0.3 is 10.3 Å². The Morgan fingerprint density at radius 2 is 2.21 bits per heavy atom. The zero-order chi connectivity index (χ0) is 14.0. The van der Waals surface area contributed by atoms with Crippen molar-refractivity contribution < 1.29 is 13.2 Å². The Hall–Kier alpha value is -1.30. The third-order valence-corrected chi connectivity index (χ3v) is 3.36. The van der Waals surface area contributed by atoms with E-state index in [4.69, 9.17) is 0 Å². The Labute approximate surface area is 109 Å². The molecule has 0 bridgehead atoms. The number of fused-ring (bicyclic) bond motifs is 1. The van der Waals surface area contributed by atoms with Crippen molar-refractivity contribution >= 4 is 0 Å². The number of aromatic amines is 1. The molecule has 0 fully saturated rings. The molecular formula is C13H17F3N2O. The average Bonchev–Trinajstić information content (AvgIpc) is 2.26. The van der Waals surface area contributed by atoms with Crippen molar-refractivity contribution in [3.63, 3.8) is 0 Å². The van der Waals surface area contributed by atoms with Crippen LogP contribution in [0.1, 0.15) is 43.5 Å². The Bertz CT molecular complexity index is 495. The van der Waals surface area contributed by atoms with Gasteiger partial charge in [-0.1, -0.05) is 6.07 Å². The van der Waals surface area contributed by atoms with Gasteiger partial charge in [-0.25, -0.2) is 0 Å². The first-order chi connectivity index (χ1) is 8.85. The van der Waals surface area contributed by atoms with Gasteiger partial charge in [0.25, 0.3) is 0 Å². The standard InChI is InChI=1S/C13H17F3N2O/c1-8(7-13(14,15)16)17-10-3-2-4-11-9(10)5-6-12(19)18-11/h5-6,8,10,17H,2-4,7H2,1H3,(H,18,19). The van der Waals surface area contributed by atoms with Crippen molar-refractivity contribution in [2.24, 2.45) is 0 Å². The molecule has 1 aromatic rings. The molecule has 0 aliphatic heterocycles. The predicted molar refractivity (Wildman–Crippen MR) is 66.0 cm³/mol. The van der Waals surface area contributed by atoms with E-state index in [1.54, 1.807) is 6.07 Å². The maximum absolute atomic E-state index is 12.3. The summed E-state index contributed by atoms with van der Waals surface area (Å²) < 4.78 is 37.0. The van der Waals surface area contributed by atoms with Crippen LogP contribution >= 0.6 is 0 Å². The summed E-state index contributed by atoms with van der Waals surface area (Å²) in [4.78, 5) is 14.0. The minimum absolute atomic E-state index is 0.113. The number of rotatable bonds is 3. The lowest BCUT2D eigenvalue weighted by atomic mass is 9.90. The van der Waals surface area contributed by atoms with Gasteiger partial charge in [0.15, 0.2) is 0 Å². The van der Waals surface area contributed by atoms with Crippen molar-refractivity contribution in [3.8, 4) is 0 Å². The van der Waals surface area contributed by atoms with Gasteiger partial charge in [-0.05, 0) is 31.7 Å². The largest absolute Gasteiger partial charge is 0.390 e. The fourth-order valence-electron chi connectivity index (χ4n) is 2.62. The second-order valence-electron chi connectivity index (χ2n) is 5.09. The fraction of sp³-hybridized carbons (Fsp3) is 0.615. The van der Waals surface area contributed by atoms with E-state index in [9.17, 15) is 18.0 Å². The van der Waals surface area contributed by atoms with E-state index in [1.807, 2.05) is 0 Å². The number of aromatic nitrogens is 1. The van der Waals surface area contributed by atoms with Crippen LogP contribution in [0.3, 0.4) is 0 Å². The topological polar surface area (TPSA) is 44.9 Å². The Balaban J connectivity index is 2.09. The molecule has 2 unspecified atom stereocenters. The summed E-state index contributed by atoms with van der Waals surface area (Å²) in [6, 6.07) is 2.39. The van der Waals surface area contributed by atoms with E-state index in [2.05, 4.69) is 10.3 Å². The molecule has 0 radical (unpaired) electrons. The first kappa shape index (κ1) is 14.1. The molecule has 2 atom stereocenters. The number of aryl methyl sites for hydroxylation is 1. The molecule has 1 aromatic heterocycles. The van der Waals surface area contributed by atoms with Gasteiger partial charge in [0, 0.05) is 23.8 Å². The number of alkyl halides is 3. The van der Waals surface area contributed by atoms with Crippen molar-refractivity contribution in [2.75, 3.05) is 0 Å². The maximum atomic E-state index is 12.3. The molecule has 19 heavy (non-hydrogen) atoms. The molecule has 2 N–H and O–H groups in total. The summed E-state index contributed by atoms with van der Waals surface area (Å²) in [5.74, 6) is 0. The number of halogens is 3. The molecule has 1 aliphatic rings. The average molecular weight is 274 g/mol. The fourth-order valence-corrected chi connectivity index (χ4v) is 2.62. The zero-order valence-electron chi connectivity index (χ0n) is 10.7. The van der Waals surface area contributed by atoms with Crippen LogP contribution in [0, 0.1) is 0 Å². The second-order valence-corrected chi connectivity index (χ2v) is 5.09. The molecule has 0 saturated heterocycles. The molecule has 1 heterocycles. The van der Waals surface area contributed by atoms with Crippen LogP contribution < -0.4 is 10.9 Å². The molecule has 0 spiro atoms. The highest BCUT2D eigenvalue weighted by molar-refractivity contribution is 5.26. The smallest absolute Gasteiger partial charge is 0.326 e. The lowest BCUT2D eigenvalue weighted by Crippen LogP contribution is -2.36. The van der Waals surface area contributed by atoms with Gasteiger partial charge in [-0.15, -0.1) is 0 Å². The van der Waals surface area contributed by atoms with Crippen LogP contribution in [0.15, 0.2) is 16.9 Å². The lowest BCUT2D eigenvalue weighted by molar-refractivity contribution is -0.139. The first-order valence-electron chi connectivity index (χ1n) is 6.40. The maximum Gasteiger partial charge on any atom is 0.390 e. The number of hydrogen-bond donors (Lipinski definition) is 2. The van der Waals surface area contributed by atoms with Crippen LogP contribution in [0.2, 0.25) is 0 Å². The SMILES string of the molecule is CC(CC(F)(F)F)NC1CCCc2[nH]c(=O)ccc21. The molecular weight excluding hydrogens is 257 g/mol. The van der Waals surface area contributed by atoms with Crippen LogP contribution in [-0.2, 0) is 6.42 Å². The van der Waals surface area contributed by atoms with Crippen LogP contribution in [-0.4, -0.2) is 17.2 Å². The highest BCUT2D eigenvalue weighted by atomic mass is 19.4. The minimum Gasteiger partial charge on any atom is -0.326 e. The highest BCUT2D eigenvalue weighted by Crippen LogP contribution is 2.29. The first-order valence-corrected chi connectivity index (χ1v) is 6.40. The monoisotopic (exact) mass is 274 g/mol. The predicted octanol–water partition coefficient (Wildman–Crippen LogP) is 2.68. The van der Waals surface area contributed by atoms with Crippen LogP contribution in [0.4, 0.5) is 13.2 Å².